The molecule has 0 radical (unpaired) electrons. The zero-order valence-electron chi connectivity index (χ0n) is 35.1. The highest BCUT2D eigenvalue weighted by molar-refractivity contribution is 7.98. The first-order chi connectivity index (χ1) is 29.9. The third-order valence-electron chi connectivity index (χ3n) is 10.2. The van der Waals surface area contributed by atoms with E-state index in [1.54, 1.807) is 16.7 Å². The first-order valence-electron chi connectivity index (χ1n) is 20.2. The monoisotopic (exact) mass is 900 g/mol. The summed E-state index contributed by atoms with van der Waals surface area (Å²) in [5.41, 5.74) is 9.35. The maximum Gasteiger partial charge on any atom is 0.335 e. The lowest BCUT2D eigenvalue weighted by Gasteiger charge is -2.26. The van der Waals surface area contributed by atoms with Crippen LogP contribution in [-0.4, -0.2) is 108 Å². The van der Waals surface area contributed by atoms with Crippen LogP contribution in [0.1, 0.15) is 81.7 Å². The van der Waals surface area contributed by atoms with Crippen molar-refractivity contribution in [3.05, 3.63) is 78.7 Å². The molecular weight excluding hydrogens is 853 g/mol. The molecule has 7 rings (SSSR count). The fourth-order valence-electron chi connectivity index (χ4n) is 7.28. The highest BCUT2D eigenvalue weighted by Crippen LogP contribution is 2.34. The number of aromatic nitrogens is 6. The molecule has 17 nitrogen and oxygen atoms in total. The zero-order valence-corrected chi connectivity index (χ0v) is 37.5. The van der Waals surface area contributed by atoms with E-state index in [1.807, 2.05) is 50.7 Å². The molecule has 62 heavy (non-hydrogen) atoms. The van der Waals surface area contributed by atoms with Gasteiger partial charge in [0.1, 0.15) is 21.0 Å². The Labute approximate surface area is 369 Å². The number of thioether (sulfide) groups is 1. The van der Waals surface area contributed by atoms with Crippen molar-refractivity contribution in [2.45, 2.75) is 64.9 Å². The minimum absolute atomic E-state index is 0.00435. The summed E-state index contributed by atoms with van der Waals surface area (Å²) in [5.74, 6) is -1.70. The average Bonchev–Trinajstić information content (AvgIpc) is 4.03. The van der Waals surface area contributed by atoms with Crippen molar-refractivity contribution in [3.63, 3.8) is 0 Å². The number of benzene rings is 2. The van der Waals surface area contributed by atoms with E-state index in [0.717, 1.165) is 34.5 Å². The Bertz CT molecular complexity index is 2690. The fourth-order valence-corrected chi connectivity index (χ4v) is 9.74. The van der Waals surface area contributed by atoms with Crippen LogP contribution in [-0.2, 0) is 30.7 Å². The van der Waals surface area contributed by atoms with Gasteiger partial charge in [0.25, 0.3) is 11.8 Å². The Hall–Kier alpha value is -5.67. The van der Waals surface area contributed by atoms with Gasteiger partial charge in [-0.2, -0.15) is 0 Å². The predicted octanol–water partition coefficient (Wildman–Crippen LogP) is 6.42. The Morgan fingerprint density at radius 3 is 1.92 bits per heavy atom. The van der Waals surface area contributed by atoms with Gasteiger partial charge in [-0.15, -0.1) is 34.4 Å². The van der Waals surface area contributed by atoms with Gasteiger partial charge in [-0.3, -0.25) is 29.9 Å². The first kappa shape index (κ1) is 44.4. The number of fused-ring (bicyclic) bond motifs is 2. The van der Waals surface area contributed by atoms with Gasteiger partial charge in [0.2, 0.25) is 17.8 Å². The normalized spacial score (nSPS) is 13.4. The molecule has 0 aliphatic carbocycles. The molecule has 0 atom stereocenters. The molecule has 1 saturated heterocycles. The second kappa shape index (κ2) is 19.6. The van der Waals surface area contributed by atoms with E-state index in [-0.39, 0.29) is 47.9 Å². The van der Waals surface area contributed by atoms with Crippen molar-refractivity contribution in [1.29, 1.82) is 0 Å². The van der Waals surface area contributed by atoms with Gasteiger partial charge in [0.05, 0.1) is 63.3 Å². The second-order valence-electron chi connectivity index (χ2n) is 14.4. The maximum absolute atomic E-state index is 13.8. The molecule has 0 unspecified atom stereocenters. The molecule has 5 N–H and O–H groups in total. The number of morpholine rings is 1. The lowest BCUT2D eigenvalue weighted by molar-refractivity contribution is 0.0358. The Morgan fingerprint density at radius 2 is 1.39 bits per heavy atom. The smallest absolute Gasteiger partial charge is 0.335 e. The number of primary amides is 1. The number of nitrogens with two attached hydrogens (primary N) is 1. The molecular formula is C42H48N10O7S3. The summed E-state index contributed by atoms with van der Waals surface area (Å²) >= 11 is 4.01. The Kier molecular flexibility index (Phi) is 14.0. The standard InChI is InChI=1S/C42H48N10O7S3/c1-6-27-35(61-23(3)44-27)38(54)48-41-46-29-20-26(40(56)57)21-31(59-16-10-11-50-14-17-58-18-15-50)33(29)51(41)12-8-9-13-52-34-30(19-25(37(43)53)22-32(34)60-5)47-42(52)49-39(55)36-28(7-2)45-24(4)62-36/h8-9,19-22H,6-7,10-18H2,1-5H3,(H2,43,53)(H,56,57)(H,46,48,54)(H,47,49,55). The number of amides is 3. The van der Waals surface area contributed by atoms with Crippen LogP contribution in [0, 0.1) is 13.8 Å². The van der Waals surface area contributed by atoms with Gasteiger partial charge in [-0.1, -0.05) is 26.0 Å². The number of carboxylic acids is 1. The summed E-state index contributed by atoms with van der Waals surface area (Å²) in [6.07, 6.45) is 7.50. The summed E-state index contributed by atoms with van der Waals surface area (Å²) < 4.78 is 15.5. The van der Waals surface area contributed by atoms with Crippen LogP contribution in [0.15, 0.2) is 41.3 Å². The van der Waals surface area contributed by atoms with E-state index in [1.165, 1.54) is 46.6 Å². The largest absolute Gasteiger partial charge is 0.491 e. The lowest BCUT2D eigenvalue weighted by Crippen LogP contribution is -2.37. The van der Waals surface area contributed by atoms with Crippen LogP contribution >= 0.6 is 34.4 Å². The fraction of sp³-hybridized carbons (Fsp3) is 0.381. The molecule has 0 saturated carbocycles. The zero-order chi connectivity index (χ0) is 44.1. The number of nitrogens with zero attached hydrogens (tertiary/aromatic N) is 7. The van der Waals surface area contributed by atoms with Gasteiger partial charge in [-0.25, -0.2) is 24.7 Å². The van der Waals surface area contributed by atoms with Crippen LogP contribution in [0.25, 0.3) is 22.1 Å². The van der Waals surface area contributed by atoms with Crippen LogP contribution in [0.2, 0.25) is 0 Å². The third-order valence-corrected chi connectivity index (χ3v) is 13.0. The van der Waals surface area contributed by atoms with Crippen molar-refractivity contribution < 1.29 is 33.8 Å². The number of aromatic carboxylic acids is 1. The predicted molar refractivity (Wildman–Crippen MR) is 242 cm³/mol. The number of anilines is 2. The molecule has 6 aromatic rings. The molecule has 326 valence electrons. The third kappa shape index (κ3) is 9.68. The van der Waals surface area contributed by atoms with Crippen LogP contribution in [0.5, 0.6) is 5.75 Å². The number of carbonyl (C=O) groups excluding carboxylic acids is 3. The number of allylic oxidation sites excluding steroid dienone is 2. The van der Waals surface area contributed by atoms with Crippen molar-refractivity contribution in [2.24, 2.45) is 5.73 Å². The minimum atomic E-state index is -1.14. The summed E-state index contributed by atoms with van der Waals surface area (Å²) in [5, 5.41) is 17.6. The number of hydrogen-bond acceptors (Lipinski definition) is 14. The summed E-state index contributed by atoms with van der Waals surface area (Å²) in [7, 11) is 0. The quantitative estimate of drug-likeness (QED) is 0.0416. The molecule has 1 aliphatic heterocycles. The van der Waals surface area contributed by atoms with Gasteiger partial charge in [-0.05, 0) is 63.6 Å². The van der Waals surface area contributed by atoms with E-state index in [2.05, 4.69) is 25.5 Å². The number of hydrogen-bond donors (Lipinski definition) is 4. The summed E-state index contributed by atoms with van der Waals surface area (Å²) in [6.45, 7) is 12.1. The highest BCUT2D eigenvalue weighted by atomic mass is 32.2. The van der Waals surface area contributed by atoms with E-state index in [0.29, 0.717) is 88.0 Å². The van der Waals surface area contributed by atoms with Gasteiger partial charge >= 0.3 is 5.97 Å². The first-order valence-corrected chi connectivity index (χ1v) is 23.0. The number of imidazole rings is 2. The molecule has 20 heteroatoms. The van der Waals surface area contributed by atoms with Gasteiger partial charge in [0.15, 0.2) is 0 Å². The van der Waals surface area contributed by atoms with Crippen molar-refractivity contribution in [3.8, 4) is 5.75 Å². The molecule has 2 aromatic carbocycles. The molecule has 1 aliphatic rings. The molecule has 0 bridgehead atoms. The number of carboxylic acid groups (broad SMARTS) is 1. The Balaban J connectivity index is 1.25. The maximum atomic E-state index is 13.8. The summed E-state index contributed by atoms with van der Waals surface area (Å²) in [6, 6.07) is 6.27. The molecule has 5 heterocycles. The van der Waals surface area contributed by atoms with E-state index < -0.39 is 11.9 Å². The molecule has 4 aromatic heterocycles. The SMILES string of the molecule is CCc1nc(C)sc1C(=O)Nc1nc2cc(C(=O)O)cc(OCCCN3CCOCC3)c2n1CC=CCn1c(NC(=O)c2sc(C)nc2CC)nc2cc(C(N)=O)cc(SC)c21. The Morgan fingerprint density at radius 1 is 0.839 bits per heavy atom. The molecule has 1 fully saturated rings. The number of rotatable bonds is 18. The van der Waals surface area contributed by atoms with Crippen molar-refractivity contribution >= 4 is 92.1 Å². The highest BCUT2D eigenvalue weighted by Gasteiger charge is 2.24. The van der Waals surface area contributed by atoms with Crippen LogP contribution in [0.4, 0.5) is 11.9 Å². The molecule has 0 spiro atoms. The number of thiazole rings is 2. The second-order valence-corrected chi connectivity index (χ2v) is 17.7. The van der Waals surface area contributed by atoms with E-state index in [9.17, 15) is 24.3 Å². The lowest BCUT2D eigenvalue weighted by atomic mass is 10.2. The van der Waals surface area contributed by atoms with Crippen molar-refractivity contribution in [2.75, 3.05) is 56.3 Å². The number of ether oxygens (including phenoxy) is 2. The number of carbonyl (C=O) groups is 4. The van der Waals surface area contributed by atoms with Crippen LogP contribution < -0.4 is 21.1 Å². The molecule has 3 amide bonds. The van der Waals surface area contributed by atoms with Crippen molar-refractivity contribution in [1.82, 2.24) is 34.0 Å². The topological polar surface area (TPSA) is 222 Å². The van der Waals surface area contributed by atoms with Gasteiger partial charge in [0, 0.05) is 43.2 Å². The number of nitrogens with one attached hydrogen (secondary N) is 2. The summed E-state index contributed by atoms with van der Waals surface area (Å²) in [4.78, 5) is 74.7. The van der Waals surface area contributed by atoms with Crippen LogP contribution in [0.3, 0.4) is 0 Å². The number of aryl methyl sites for hydroxylation is 4. The average molecular weight is 901 g/mol. The van der Waals surface area contributed by atoms with E-state index >= 15 is 0 Å². The van der Waals surface area contributed by atoms with Gasteiger partial charge < -0.3 is 29.4 Å². The minimum Gasteiger partial charge on any atom is -0.491 e. The van der Waals surface area contributed by atoms with E-state index in [4.69, 9.17) is 25.2 Å².